The van der Waals surface area contributed by atoms with Crippen molar-refractivity contribution in [3.63, 3.8) is 0 Å². The van der Waals surface area contributed by atoms with Gasteiger partial charge in [0.05, 0.1) is 70.1 Å². The van der Waals surface area contributed by atoms with Gasteiger partial charge in [-0.2, -0.15) is 23.5 Å². The number of carboxylic acids is 2. The summed E-state index contributed by atoms with van der Waals surface area (Å²) in [7, 11) is 0. The first-order chi connectivity index (χ1) is 68.3. The van der Waals surface area contributed by atoms with Crippen molar-refractivity contribution in [2.75, 3.05) is 70.0 Å². The number of H-pyrrole nitrogens is 1. The molecule has 0 bridgehead atoms. The van der Waals surface area contributed by atoms with E-state index in [-0.39, 0.29) is 80.5 Å². The Hall–Kier alpha value is -12.8. The van der Waals surface area contributed by atoms with E-state index in [4.69, 9.17) is 22.0 Å². The second-order valence-electron chi connectivity index (χ2n) is 36.4. The third-order valence-corrected chi connectivity index (χ3v) is 23.4. The molecule has 0 aliphatic rings. The number of rotatable bonds is 70. The Bertz CT molecular complexity index is 4520. The van der Waals surface area contributed by atoms with Gasteiger partial charge in [-0.05, 0) is 133 Å². The maximum absolute atomic E-state index is 14.4. The molecule has 0 saturated carbocycles. The molecule has 826 valence electrons. The molecule has 0 radical (unpaired) electrons. The summed E-state index contributed by atoms with van der Waals surface area (Å²) in [5, 5.41) is 139. The average molecular weight is 2120 g/mol. The fourth-order valence-electron chi connectivity index (χ4n) is 13.6. The number of carboxylic acid groups (broad SMARTS) is 2. The van der Waals surface area contributed by atoms with Crippen LogP contribution in [-0.4, -0.2) is 384 Å². The standard InChI is InChI=1S/C88H152N26O30S2/c1-18-43(10)66(112-80(136)58(37-116)107-78(134)56(29-40(4)5)101-60(122)32-94-72(128)50(89)36-115)81(137)96-35-62(124)108-67(45(12)117)82(138)97-33-59(121)100-51(20-19-25-93-88(90)91)74(130)99-44(11)71(127)102-53(23-26-145-16)76(132)105-55(28-39(2)3)73(129)95-34-61(123)109-68(46(13)118)84(140)106-57(30-49-31-92-38-98-49)79(135)113-69(47(14)119)85(141)104-54(24-27-146-17)75(131)103-52(21-22-63(125)126)77(133)110-64(41(6)7)83(139)114-70(48(15)120)86(142)111-65(42(8)9)87(143)144/h31,38-48,50-58,64-70,115-120H,18-30,32-37,89H2,1-17H3,(H,92,98)(H,94,128)(H,95,129)(H,96,137)(H,97,138)(H,99,130)(H,100,121)(H,101,122)(H,102,127)(H,103,131)(H,104,141)(H,105,132)(H,106,140)(H,107,134)(H,108,124)(H,109,123)(H,110,133)(H,111,142)(H,112,136)(H,113,135)(H,114,139)(H,125,126)(H,143,144)(H4,90,91,93)/t43-,44-,45+,46+,47+,48+,50-,51-,52-,53-,54-,55-,56-,57-,58-,64-,65-,66-,67-,68-,69-,70-/m0/s1. The highest BCUT2D eigenvalue weighted by atomic mass is 32.2. The highest BCUT2D eigenvalue weighted by molar-refractivity contribution is 7.98. The van der Waals surface area contributed by atoms with E-state index in [1.807, 2.05) is 0 Å². The quantitative estimate of drug-likeness (QED) is 0.0164. The number of carbonyl (C=O) groups is 22. The molecule has 20 amide bonds. The molecule has 58 heteroatoms. The summed E-state index contributed by atoms with van der Waals surface area (Å²) in [5.74, 6) is -26.4. The van der Waals surface area contributed by atoms with E-state index < -0.39 is 340 Å². The lowest BCUT2D eigenvalue weighted by molar-refractivity contribution is -0.144. The number of aliphatic hydroxyl groups excluding tert-OH is 6. The van der Waals surface area contributed by atoms with E-state index in [1.165, 1.54) is 70.7 Å². The zero-order chi connectivity index (χ0) is 111. The number of guanidine groups is 1. The number of nitrogens with two attached hydrogens (primary N) is 2. The Morgan fingerprint density at radius 2 is 0.719 bits per heavy atom. The van der Waals surface area contributed by atoms with Crippen LogP contribution in [0.15, 0.2) is 12.5 Å². The van der Waals surface area contributed by atoms with Crippen molar-refractivity contribution in [2.45, 2.75) is 295 Å². The van der Waals surface area contributed by atoms with Gasteiger partial charge in [-0.3, -0.25) is 106 Å². The monoisotopic (exact) mass is 2120 g/mol. The number of aromatic nitrogens is 2. The number of aliphatic hydroxyl groups is 6. The van der Waals surface area contributed by atoms with Crippen LogP contribution < -0.4 is 123 Å². The molecular weight excluding hydrogens is 1970 g/mol. The lowest BCUT2D eigenvalue weighted by Crippen LogP contribution is -2.63. The number of imidazole rings is 1. The normalized spacial score (nSPS) is 15.8. The zero-order valence-electron chi connectivity index (χ0n) is 85.1. The highest BCUT2D eigenvalue weighted by Crippen LogP contribution is 2.16. The third-order valence-electron chi connectivity index (χ3n) is 22.1. The van der Waals surface area contributed by atoms with Gasteiger partial charge in [0.25, 0.3) is 0 Å². The lowest BCUT2D eigenvalue weighted by Gasteiger charge is -2.30. The molecule has 1 heterocycles. The summed E-state index contributed by atoms with van der Waals surface area (Å²) in [6, 6.07) is -27.2. The molecule has 0 spiro atoms. The molecule has 0 saturated heterocycles. The third kappa shape index (κ3) is 49.4. The van der Waals surface area contributed by atoms with Gasteiger partial charge in [-0.25, -0.2) is 9.78 Å². The predicted molar refractivity (Wildman–Crippen MR) is 527 cm³/mol. The fourth-order valence-corrected chi connectivity index (χ4v) is 14.5. The van der Waals surface area contributed by atoms with E-state index in [2.05, 4.69) is 122 Å². The maximum Gasteiger partial charge on any atom is 0.326 e. The van der Waals surface area contributed by atoms with Gasteiger partial charge < -0.3 is 169 Å². The van der Waals surface area contributed by atoms with Crippen molar-refractivity contribution in [2.24, 2.45) is 41.1 Å². The molecule has 0 aliphatic heterocycles. The molecule has 0 aromatic carbocycles. The van der Waals surface area contributed by atoms with Crippen LogP contribution in [0.2, 0.25) is 0 Å². The van der Waals surface area contributed by atoms with Crippen LogP contribution in [0.4, 0.5) is 0 Å². The van der Waals surface area contributed by atoms with Crippen molar-refractivity contribution >= 4 is 160 Å². The molecular formula is C88H152N26O30S2. The summed E-state index contributed by atoms with van der Waals surface area (Å²) < 4.78 is 0. The van der Waals surface area contributed by atoms with Gasteiger partial charge in [0.15, 0.2) is 5.96 Å². The zero-order valence-corrected chi connectivity index (χ0v) is 86.7. The van der Waals surface area contributed by atoms with Gasteiger partial charge in [0.2, 0.25) is 118 Å². The first kappa shape index (κ1) is 131. The number of carbonyl (C=O) groups excluding carboxylic acids is 20. The van der Waals surface area contributed by atoms with Crippen LogP contribution in [0.1, 0.15) is 167 Å². The van der Waals surface area contributed by atoms with Crippen LogP contribution in [-0.2, 0) is 112 Å². The lowest BCUT2D eigenvalue weighted by atomic mass is 9.97. The van der Waals surface area contributed by atoms with Crippen molar-refractivity contribution in [3.05, 3.63) is 18.2 Å². The summed E-state index contributed by atoms with van der Waals surface area (Å²) in [5.41, 5.74) is 11.1. The second-order valence-corrected chi connectivity index (χ2v) is 38.4. The summed E-state index contributed by atoms with van der Waals surface area (Å²) >= 11 is 2.46. The molecule has 1 rings (SSSR count). The van der Waals surface area contributed by atoms with Crippen molar-refractivity contribution in [1.82, 2.24) is 122 Å². The molecule has 146 heavy (non-hydrogen) atoms. The van der Waals surface area contributed by atoms with Crippen LogP contribution >= 0.6 is 23.5 Å². The van der Waals surface area contributed by atoms with Crippen LogP contribution in [0.3, 0.4) is 0 Å². The molecule has 35 N–H and O–H groups in total. The number of aliphatic carboxylic acids is 2. The number of aromatic amines is 1. The van der Waals surface area contributed by atoms with Crippen molar-refractivity contribution < 1.29 is 146 Å². The first-order valence-corrected chi connectivity index (χ1v) is 50.2. The van der Waals surface area contributed by atoms with Crippen LogP contribution in [0.25, 0.3) is 0 Å². The SMILES string of the molecule is CC[C@H](C)[C@H](NC(=O)[C@H](CO)NC(=O)[C@H](CC(C)C)NC(=O)CNC(=O)[C@@H](N)CO)C(=O)NCC(=O)N[C@H](C(=O)NCC(=O)N[C@@H](CCCNC(=N)N)C(=O)N[C@@H](C)C(=O)N[C@@H](CCSC)C(=O)N[C@@H](CC(C)C)C(=O)NCC(=O)N[C@H](C(=O)N[C@@H](Cc1cnc[nH]1)C(=O)N[C@H](C(=O)N[C@@H](CCSC)C(=O)N[C@@H](CCC(=O)O)C(=O)N[C@H](C(=O)N[C@H](C(=O)N[C@H](C(=O)O)C(C)C)[C@@H](C)O)C(C)C)[C@@H](C)O)[C@@H](C)O)[C@@H](C)O. The summed E-state index contributed by atoms with van der Waals surface area (Å²) in [4.78, 5) is 305. The van der Waals surface area contributed by atoms with Crippen molar-refractivity contribution in [1.29, 1.82) is 5.41 Å². The van der Waals surface area contributed by atoms with E-state index in [1.54, 1.807) is 54.1 Å². The largest absolute Gasteiger partial charge is 0.481 e. The number of amides is 20. The van der Waals surface area contributed by atoms with E-state index >= 15 is 0 Å². The smallest absolute Gasteiger partial charge is 0.326 e. The number of nitrogens with zero attached hydrogens (tertiary/aromatic N) is 1. The molecule has 22 atom stereocenters. The highest BCUT2D eigenvalue weighted by Gasteiger charge is 2.42. The molecule has 0 aliphatic carbocycles. The fraction of sp³-hybridized carbons (Fsp3) is 0.705. The predicted octanol–water partition coefficient (Wildman–Crippen LogP) is -11.8. The van der Waals surface area contributed by atoms with Gasteiger partial charge in [-0.1, -0.05) is 75.7 Å². The Morgan fingerprint density at radius 3 is 1.16 bits per heavy atom. The number of hydrogen-bond donors (Lipinski definition) is 33. The topological polar surface area (TPSA) is 895 Å². The molecule has 0 unspecified atom stereocenters. The van der Waals surface area contributed by atoms with Gasteiger partial charge in [0.1, 0.15) is 103 Å². The number of thioether (sulfide) groups is 2. The second kappa shape index (κ2) is 67.8. The molecule has 1 aromatic heterocycles. The Labute approximate surface area is 853 Å². The minimum Gasteiger partial charge on any atom is -0.481 e. The van der Waals surface area contributed by atoms with Gasteiger partial charge in [-0.15, -0.1) is 0 Å². The number of hydrogen-bond acceptors (Lipinski definition) is 33. The van der Waals surface area contributed by atoms with Crippen molar-refractivity contribution in [3.8, 4) is 0 Å². The Morgan fingerprint density at radius 1 is 0.377 bits per heavy atom. The molecule has 0 fully saturated rings. The Balaban J connectivity index is 3.39. The summed E-state index contributed by atoms with van der Waals surface area (Å²) in [6.45, 7) is 16.5. The van der Waals surface area contributed by atoms with Crippen LogP contribution in [0, 0.1) is 35.0 Å². The molecule has 1 aromatic rings. The minimum absolute atomic E-state index is 0.0129. The Kier molecular flexibility index (Phi) is 61.0. The van der Waals surface area contributed by atoms with E-state index in [9.17, 15) is 141 Å². The minimum atomic E-state index is -1.96. The van der Waals surface area contributed by atoms with Crippen LogP contribution in [0.5, 0.6) is 0 Å². The summed E-state index contributed by atoms with van der Waals surface area (Å²) in [6.07, 6.45) is -3.13. The van der Waals surface area contributed by atoms with Gasteiger partial charge >= 0.3 is 11.9 Å². The number of nitrogens with one attached hydrogen (secondary N) is 23. The van der Waals surface area contributed by atoms with Gasteiger partial charge in [0, 0.05) is 31.3 Å². The first-order valence-electron chi connectivity index (χ1n) is 47.4. The maximum atomic E-state index is 14.4. The van der Waals surface area contributed by atoms with E-state index in [0.717, 1.165) is 27.7 Å². The van der Waals surface area contributed by atoms with E-state index in [0.29, 0.717) is 0 Å². The average Bonchev–Trinajstić information content (AvgIpc) is 0.993. The molecule has 56 nitrogen and oxygen atoms in total.